The Morgan fingerprint density at radius 1 is 1.10 bits per heavy atom. The van der Waals surface area contributed by atoms with Crippen LogP contribution in [-0.4, -0.2) is 87.5 Å². The second-order valence-electron chi connectivity index (χ2n) is 9.71. The van der Waals surface area contributed by atoms with Crippen LogP contribution in [0, 0.1) is 5.41 Å². The number of rotatable bonds is 5. The Hall–Kier alpha value is -2.11. The molecular weight excluding hydrogens is 536 g/mol. The molecule has 2 aliphatic heterocycles. The number of carbonyl (C=O) groups is 1. The van der Waals surface area contributed by atoms with Crippen molar-refractivity contribution in [3.63, 3.8) is 0 Å². The highest BCUT2D eigenvalue weighted by Crippen LogP contribution is 2.30. The Bertz CT molecular complexity index is 851. The van der Waals surface area contributed by atoms with Crippen molar-refractivity contribution in [3.8, 4) is 10.6 Å². The van der Waals surface area contributed by atoms with E-state index in [0.717, 1.165) is 61.1 Å². The molecule has 4 N–H and O–H groups in total. The molecule has 0 bridgehead atoms. The van der Waals surface area contributed by atoms with Crippen molar-refractivity contribution in [2.75, 3.05) is 65.5 Å². The van der Waals surface area contributed by atoms with E-state index in [1.54, 1.807) is 18.4 Å². The smallest absolute Gasteiger partial charge is 0.223 e. The topological polar surface area (TPSA) is 120 Å². The van der Waals surface area contributed by atoms with E-state index in [4.69, 9.17) is 15.2 Å². The van der Waals surface area contributed by atoms with Crippen molar-refractivity contribution in [1.29, 1.82) is 0 Å². The molecule has 4 heterocycles. The average molecular weight is 597 g/mol. The first kappa shape index (κ1) is 41.0. The minimum atomic E-state index is -0.307. The molecule has 2 saturated heterocycles. The van der Waals surface area contributed by atoms with Crippen LogP contribution in [0.15, 0.2) is 30.6 Å². The predicted octanol–water partition coefficient (Wildman–Crippen LogP) is 5.69. The zero-order valence-corrected chi connectivity index (χ0v) is 28.4. The lowest BCUT2D eigenvalue weighted by molar-refractivity contribution is -0.131. The van der Waals surface area contributed by atoms with Gasteiger partial charge in [0.15, 0.2) is 5.13 Å². The molecule has 2 aromatic heterocycles. The summed E-state index contributed by atoms with van der Waals surface area (Å²) in [6, 6.07) is 5.98. The second kappa shape index (κ2) is 25.6. The molecule has 9 nitrogen and oxygen atoms in total. The highest BCUT2D eigenvalue weighted by Gasteiger charge is 2.32. The molecule has 0 radical (unpaired) electrons. The van der Waals surface area contributed by atoms with Crippen molar-refractivity contribution in [2.24, 2.45) is 16.9 Å². The van der Waals surface area contributed by atoms with E-state index in [-0.39, 0.29) is 11.3 Å². The van der Waals surface area contributed by atoms with Gasteiger partial charge in [-0.3, -0.25) is 9.78 Å². The lowest BCUT2D eigenvalue weighted by Crippen LogP contribution is -2.44. The number of anilines is 1. The quantitative estimate of drug-likeness (QED) is 0.452. The van der Waals surface area contributed by atoms with Crippen molar-refractivity contribution in [3.05, 3.63) is 30.6 Å². The molecule has 0 saturated carbocycles. The number of aromatic nitrogens is 2. The van der Waals surface area contributed by atoms with Crippen molar-refractivity contribution in [1.82, 2.24) is 14.9 Å². The van der Waals surface area contributed by atoms with E-state index >= 15 is 0 Å². The van der Waals surface area contributed by atoms with Gasteiger partial charge in [-0.2, -0.15) is 0 Å². The predicted molar refractivity (Wildman–Crippen MR) is 177 cm³/mol. The molecule has 238 valence electrons. The van der Waals surface area contributed by atoms with Crippen LogP contribution >= 0.6 is 11.3 Å². The standard InChI is InChI=1S/C13H16N4S.C7H13NO2.C5H12O.C3H8.C2H6.CH5N/c1-16-6-8-17(9-7-16)13-15-10-12(18-13)11-4-2-3-5-14-11;1-7(6(8)9)2-4-10-5-3-7;1-4-5(2)6-3;1-3-2;2*1-2/h2-5,10H,6-9H2,1H3;2-5H2,1H3,(H2,8,9);5H,4H2,1-3H3;3H2,1-2H3;1-2H3;2H2,1H3. The Labute approximate surface area is 255 Å². The highest BCUT2D eigenvalue weighted by molar-refractivity contribution is 7.18. The summed E-state index contributed by atoms with van der Waals surface area (Å²) in [7, 11) is 5.40. The molecule has 1 amide bonds. The van der Waals surface area contributed by atoms with Crippen LogP contribution in [0.2, 0.25) is 0 Å². The first-order valence-corrected chi connectivity index (χ1v) is 15.8. The van der Waals surface area contributed by atoms with Gasteiger partial charge >= 0.3 is 0 Å². The molecule has 1 atom stereocenters. The van der Waals surface area contributed by atoms with E-state index in [1.165, 1.54) is 13.5 Å². The summed E-state index contributed by atoms with van der Waals surface area (Å²) in [5.41, 5.74) is 10.4. The SMILES string of the molecule is CC.CC1(C(N)=O)CCOCC1.CCC.CCC(C)OC.CN.CN1CCN(c2ncc(-c3ccccn3)s2)CC1. The van der Waals surface area contributed by atoms with Crippen LogP contribution < -0.4 is 16.4 Å². The van der Waals surface area contributed by atoms with Crippen molar-refractivity contribution < 1.29 is 14.3 Å². The summed E-state index contributed by atoms with van der Waals surface area (Å²) >= 11 is 1.73. The van der Waals surface area contributed by atoms with E-state index in [9.17, 15) is 4.79 Å². The summed E-state index contributed by atoms with van der Waals surface area (Å²) < 4.78 is 10.0. The number of piperazine rings is 1. The van der Waals surface area contributed by atoms with Crippen LogP contribution in [0.5, 0.6) is 0 Å². The number of amides is 1. The van der Waals surface area contributed by atoms with Crippen molar-refractivity contribution >= 4 is 22.4 Å². The Morgan fingerprint density at radius 3 is 2.05 bits per heavy atom. The Kier molecular flexibility index (Phi) is 25.6. The summed E-state index contributed by atoms with van der Waals surface area (Å²) in [5, 5.41) is 1.11. The zero-order chi connectivity index (χ0) is 31.7. The fraction of sp³-hybridized carbons (Fsp3) is 0.710. The van der Waals surface area contributed by atoms with Crippen LogP contribution in [0.4, 0.5) is 5.13 Å². The molecule has 2 aliphatic rings. The third kappa shape index (κ3) is 17.4. The number of hydrogen-bond donors (Lipinski definition) is 2. The number of pyridine rings is 1. The number of hydrogen-bond acceptors (Lipinski definition) is 9. The molecule has 0 aliphatic carbocycles. The number of primary amides is 1. The Morgan fingerprint density at radius 2 is 1.66 bits per heavy atom. The number of likely N-dealkylation sites (N-methyl/N-ethyl adjacent to an activating group) is 1. The van der Waals surface area contributed by atoms with Gasteiger partial charge in [0.05, 0.1) is 22.1 Å². The monoisotopic (exact) mass is 596 g/mol. The molecular formula is C31H60N6O3S. The third-order valence-electron chi connectivity index (χ3n) is 6.35. The summed E-state index contributed by atoms with van der Waals surface area (Å²) in [6.45, 7) is 20.0. The normalized spacial score (nSPS) is 16.2. The molecule has 2 fully saturated rings. The maximum Gasteiger partial charge on any atom is 0.223 e. The number of nitrogens with two attached hydrogens (primary N) is 2. The average Bonchev–Trinajstić information content (AvgIpc) is 3.51. The van der Waals surface area contributed by atoms with Crippen molar-refractivity contribution in [2.45, 2.75) is 80.3 Å². The number of thiazole rings is 1. The van der Waals surface area contributed by atoms with Gasteiger partial charge in [-0.05, 0) is 52.4 Å². The van der Waals surface area contributed by atoms with E-state index in [1.807, 2.05) is 51.4 Å². The van der Waals surface area contributed by atoms with Gasteiger partial charge < -0.3 is 30.7 Å². The van der Waals surface area contributed by atoms with Crippen LogP contribution in [0.1, 0.15) is 74.1 Å². The minimum Gasteiger partial charge on any atom is -0.382 e. The first-order chi connectivity index (χ1) is 19.7. The molecule has 2 aromatic rings. The first-order valence-electron chi connectivity index (χ1n) is 15.0. The lowest BCUT2D eigenvalue weighted by atomic mass is 9.82. The summed E-state index contributed by atoms with van der Waals surface area (Å²) in [4.78, 5) is 25.6. The fourth-order valence-electron chi connectivity index (χ4n) is 3.27. The molecule has 10 heteroatoms. The van der Waals surface area contributed by atoms with E-state index in [0.29, 0.717) is 19.3 Å². The molecule has 41 heavy (non-hydrogen) atoms. The van der Waals surface area contributed by atoms with Gasteiger partial charge in [-0.15, -0.1) is 0 Å². The van der Waals surface area contributed by atoms with Crippen LogP contribution in [0.25, 0.3) is 10.6 Å². The van der Waals surface area contributed by atoms with Gasteiger partial charge in [-0.25, -0.2) is 4.98 Å². The molecule has 0 spiro atoms. The fourth-order valence-corrected chi connectivity index (χ4v) is 4.22. The van der Waals surface area contributed by atoms with Crippen LogP contribution in [-0.2, 0) is 14.3 Å². The van der Waals surface area contributed by atoms with Gasteiger partial charge in [0.25, 0.3) is 0 Å². The number of methoxy groups -OCH3 is 1. The number of ether oxygens (including phenoxy) is 2. The summed E-state index contributed by atoms with van der Waals surface area (Å²) in [5.74, 6) is -0.198. The van der Waals surface area contributed by atoms with E-state index < -0.39 is 0 Å². The van der Waals surface area contributed by atoms with Crippen LogP contribution in [0.3, 0.4) is 0 Å². The molecule has 1 unspecified atom stereocenters. The van der Waals surface area contributed by atoms with Gasteiger partial charge in [0.2, 0.25) is 5.91 Å². The maximum absolute atomic E-state index is 10.8. The molecule has 0 aromatic carbocycles. The molecule has 4 rings (SSSR count). The Balaban J connectivity index is 0. The van der Waals surface area contributed by atoms with E-state index in [2.05, 4.69) is 60.2 Å². The van der Waals surface area contributed by atoms with Gasteiger partial charge in [0.1, 0.15) is 0 Å². The second-order valence-corrected chi connectivity index (χ2v) is 10.7. The zero-order valence-electron chi connectivity index (χ0n) is 27.6. The number of nitrogens with zero attached hydrogens (tertiary/aromatic N) is 4. The minimum absolute atomic E-state index is 0.198. The van der Waals surface area contributed by atoms with Gasteiger partial charge in [-0.1, -0.05) is 65.4 Å². The maximum atomic E-state index is 10.8. The number of carbonyl (C=O) groups excluding carboxylic acids is 1. The highest BCUT2D eigenvalue weighted by atomic mass is 32.1. The largest absolute Gasteiger partial charge is 0.382 e. The lowest BCUT2D eigenvalue weighted by Gasteiger charge is -2.32. The third-order valence-corrected chi connectivity index (χ3v) is 7.43. The summed E-state index contributed by atoms with van der Waals surface area (Å²) in [6.07, 6.45) is 8.08. The van der Waals surface area contributed by atoms with Gasteiger partial charge in [0, 0.05) is 58.9 Å².